The average Bonchev–Trinajstić information content (AvgIpc) is 2.08. The standard InChI is InChI=1S/C5H8O3.C3H6.C2H6/c6-4-1-2-8-5(7)3-4;1-3-2;1-2/h4,6H,1-3H2;3H,1H2,2H3;1-2H3. The highest BCUT2D eigenvalue weighted by molar-refractivity contribution is 5.70. The Bertz CT molecular complexity index is 132. The molecule has 13 heavy (non-hydrogen) atoms. The van der Waals surface area contributed by atoms with Crippen LogP contribution >= 0.6 is 0 Å². The van der Waals surface area contributed by atoms with Gasteiger partial charge in [-0.25, -0.2) is 0 Å². The number of carbonyl (C=O) groups is 1. The first-order valence-corrected chi connectivity index (χ1v) is 4.61. The molecular formula is C10H20O3. The van der Waals surface area contributed by atoms with Crippen LogP contribution in [0, 0.1) is 0 Å². The minimum absolute atomic E-state index is 0.167. The Kier molecular flexibility index (Phi) is 12.6. The molecule has 1 aliphatic rings. The Morgan fingerprint density at radius 3 is 2.31 bits per heavy atom. The van der Waals surface area contributed by atoms with Crippen LogP contribution in [0.25, 0.3) is 0 Å². The second-order valence-corrected chi connectivity index (χ2v) is 2.28. The van der Waals surface area contributed by atoms with Gasteiger partial charge < -0.3 is 9.84 Å². The first kappa shape index (κ1) is 14.7. The van der Waals surface area contributed by atoms with Crippen LogP contribution in [-0.2, 0) is 9.53 Å². The van der Waals surface area contributed by atoms with Gasteiger partial charge in [-0.1, -0.05) is 19.9 Å². The SMILES string of the molecule is C=CC.CC.O=C1CC(O)CCO1. The fourth-order valence-electron chi connectivity index (χ4n) is 0.662. The van der Waals surface area contributed by atoms with E-state index in [1.54, 1.807) is 6.08 Å². The minimum Gasteiger partial charge on any atom is -0.465 e. The summed E-state index contributed by atoms with van der Waals surface area (Å²) in [6.07, 6.45) is 2.04. The molecule has 0 amide bonds. The van der Waals surface area contributed by atoms with E-state index in [2.05, 4.69) is 11.3 Å². The Morgan fingerprint density at radius 2 is 2.08 bits per heavy atom. The first-order chi connectivity index (χ1) is 6.20. The van der Waals surface area contributed by atoms with Crippen molar-refractivity contribution in [2.24, 2.45) is 0 Å². The molecule has 0 radical (unpaired) electrons. The Morgan fingerprint density at radius 1 is 1.62 bits per heavy atom. The third kappa shape index (κ3) is 11.2. The molecule has 3 nitrogen and oxygen atoms in total. The fraction of sp³-hybridized carbons (Fsp3) is 0.700. The van der Waals surface area contributed by atoms with E-state index in [1.807, 2.05) is 20.8 Å². The van der Waals surface area contributed by atoms with Gasteiger partial charge in [0.2, 0.25) is 0 Å². The molecule has 1 N–H and O–H groups in total. The van der Waals surface area contributed by atoms with Crippen LogP contribution in [0.3, 0.4) is 0 Å². The number of ether oxygens (including phenoxy) is 1. The second-order valence-electron chi connectivity index (χ2n) is 2.28. The molecule has 3 heteroatoms. The van der Waals surface area contributed by atoms with Crippen LogP contribution in [0.4, 0.5) is 0 Å². The highest BCUT2D eigenvalue weighted by Crippen LogP contribution is 2.05. The molecule has 0 aromatic heterocycles. The summed E-state index contributed by atoms with van der Waals surface area (Å²) >= 11 is 0. The molecule has 78 valence electrons. The third-order valence-corrected chi connectivity index (χ3v) is 1.12. The number of carbonyl (C=O) groups excluding carboxylic acids is 1. The maximum Gasteiger partial charge on any atom is 0.308 e. The van der Waals surface area contributed by atoms with Crippen molar-refractivity contribution < 1.29 is 14.6 Å². The van der Waals surface area contributed by atoms with Crippen LogP contribution < -0.4 is 0 Å². The molecule has 0 spiro atoms. The summed E-state index contributed by atoms with van der Waals surface area (Å²) in [7, 11) is 0. The van der Waals surface area contributed by atoms with Crippen molar-refractivity contribution in [1.29, 1.82) is 0 Å². The number of allylic oxidation sites excluding steroid dienone is 1. The Balaban J connectivity index is 0. The molecule has 0 bridgehead atoms. The van der Waals surface area contributed by atoms with Gasteiger partial charge in [0.25, 0.3) is 0 Å². The van der Waals surface area contributed by atoms with Gasteiger partial charge in [0, 0.05) is 6.42 Å². The van der Waals surface area contributed by atoms with E-state index >= 15 is 0 Å². The molecule has 1 saturated heterocycles. The molecule has 1 aliphatic heterocycles. The van der Waals surface area contributed by atoms with Crippen molar-refractivity contribution in [3.63, 3.8) is 0 Å². The van der Waals surface area contributed by atoms with E-state index in [0.29, 0.717) is 13.0 Å². The molecule has 1 unspecified atom stereocenters. The number of hydrogen-bond acceptors (Lipinski definition) is 3. The van der Waals surface area contributed by atoms with E-state index in [0.717, 1.165) is 0 Å². The van der Waals surface area contributed by atoms with Crippen molar-refractivity contribution in [3.05, 3.63) is 12.7 Å². The fourth-order valence-corrected chi connectivity index (χ4v) is 0.662. The van der Waals surface area contributed by atoms with Crippen molar-refractivity contribution in [2.75, 3.05) is 6.61 Å². The number of aliphatic hydroxyl groups excluding tert-OH is 1. The summed E-state index contributed by atoms with van der Waals surface area (Å²) in [5.41, 5.74) is 0. The zero-order chi connectivity index (χ0) is 10.7. The van der Waals surface area contributed by atoms with Crippen LogP contribution in [0.5, 0.6) is 0 Å². The molecular weight excluding hydrogens is 168 g/mol. The van der Waals surface area contributed by atoms with E-state index < -0.39 is 6.10 Å². The summed E-state index contributed by atoms with van der Waals surface area (Å²) in [5.74, 6) is -0.288. The summed E-state index contributed by atoms with van der Waals surface area (Å²) in [6.45, 7) is 9.62. The Labute approximate surface area is 80.4 Å². The quantitative estimate of drug-likeness (QED) is 0.466. The zero-order valence-electron chi connectivity index (χ0n) is 8.75. The maximum atomic E-state index is 10.3. The largest absolute Gasteiger partial charge is 0.465 e. The van der Waals surface area contributed by atoms with Crippen LogP contribution in [0.1, 0.15) is 33.6 Å². The van der Waals surface area contributed by atoms with Crippen molar-refractivity contribution in [2.45, 2.75) is 39.7 Å². The van der Waals surface area contributed by atoms with Gasteiger partial charge in [-0.3, -0.25) is 4.79 Å². The normalized spacial score (nSPS) is 19.7. The predicted molar refractivity (Wildman–Crippen MR) is 53.4 cm³/mol. The molecule has 1 heterocycles. The van der Waals surface area contributed by atoms with Gasteiger partial charge in [-0.15, -0.1) is 6.58 Å². The van der Waals surface area contributed by atoms with Crippen molar-refractivity contribution in [1.82, 2.24) is 0 Å². The number of aliphatic hydroxyl groups is 1. The maximum absolute atomic E-state index is 10.3. The Hall–Kier alpha value is -0.830. The van der Waals surface area contributed by atoms with Gasteiger partial charge >= 0.3 is 5.97 Å². The minimum atomic E-state index is -0.462. The lowest BCUT2D eigenvalue weighted by Crippen LogP contribution is -2.24. The average molecular weight is 188 g/mol. The summed E-state index contributed by atoms with van der Waals surface area (Å²) in [4.78, 5) is 10.3. The lowest BCUT2D eigenvalue weighted by Gasteiger charge is -2.15. The number of cyclic esters (lactones) is 1. The van der Waals surface area contributed by atoms with E-state index in [-0.39, 0.29) is 12.4 Å². The van der Waals surface area contributed by atoms with Gasteiger partial charge in [0.15, 0.2) is 0 Å². The van der Waals surface area contributed by atoms with E-state index in [4.69, 9.17) is 5.11 Å². The van der Waals surface area contributed by atoms with Crippen LogP contribution in [-0.4, -0.2) is 23.8 Å². The lowest BCUT2D eigenvalue weighted by atomic mass is 10.2. The zero-order valence-corrected chi connectivity index (χ0v) is 8.75. The molecule has 0 aromatic rings. The van der Waals surface area contributed by atoms with Gasteiger partial charge in [0.1, 0.15) is 0 Å². The predicted octanol–water partition coefficient (Wildman–Crippen LogP) is 1.90. The van der Waals surface area contributed by atoms with E-state index in [9.17, 15) is 4.79 Å². The third-order valence-electron chi connectivity index (χ3n) is 1.12. The first-order valence-electron chi connectivity index (χ1n) is 4.61. The highest BCUT2D eigenvalue weighted by atomic mass is 16.5. The number of esters is 1. The van der Waals surface area contributed by atoms with Crippen LogP contribution in [0.15, 0.2) is 12.7 Å². The smallest absolute Gasteiger partial charge is 0.308 e. The van der Waals surface area contributed by atoms with Gasteiger partial charge in [-0.2, -0.15) is 0 Å². The molecule has 1 atom stereocenters. The molecule has 0 aromatic carbocycles. The summed E-state index contributed by atoms with van der Waals surface area (Å²) in [6, 6.07) is 0. The monoisotopic (exact) mass is 188 g/mol. The summed E-state index contributed by atoms with van der Waals surface area (Å²) < 4.78 is 4.55. The van der Waals surface area contributed by atoms with Crippen molar-refractivity contribution in [3.8, 4) is 0 Å². The topological polar surface area (TPSA) is 46.5 Å². The number of hydrogen-bond donors (Lipinski definition) is 1. The van der Waals surface area contributed by atoms with E-state index in [1.165, 1.54) is 0 Å². The van der Waals surface area contributed by atoms with Gasteiger partial charge in [0.05, 0.1) is 19.1 Å². The van der Waals surface area contributed by atoms with Gasteiger partial charge in [-0.05, 0) is 6.92 Å². The van der Waals surface area contributed by atoms with Crippen LogP contribution in [0.2, 0.25) is 0 Å². The summed E-state index contributed by atoms with van der Waals surface area (Å²) in [5, 5.41) is 8.78. The lowest BCUT2D eigenvalue weighted by molar-refractivity contribution is -0.151. The molecule has 0 aliphatic carbocycles. The second kappa shape index (κ2) is 11.2. The molecule has 1 fully saturated rings. The van der Waals surface area contributed by atoms with Crippen molar-refractivity contribution >= 4 is 5.97 Å². The number of rotatable bonds is 0. The highest BCUT2D eigenvalue weighted by Gasteiger charge is 2.16. The molecule has 1 rings (SSSR count). The molecule has 0 saturated carbocycles.